The molecular weight excluding hydrogens is 727 g/mol. The third kappa shape index (κ3) is 4.76. The van der Waals surface area contributed by atoms with Crippen LogP contribution < -0.4 is 0 Å². The Morgan fingerprint density at radius 2 is 0.833 bits per heavy atom. The summed E-state index contributed by atoms with van der Waals surface area (Å²) in [7, 11) is 0. The van der Waals surface area contributed by atoms with Crippen molar-refractivity contribution in [3.63, 3.8) is 0 Å². The second-order valence-corrected chi connectivity index (χ2v) is 15.9. The first-order chi connectivity index (χ1) is 29.8. The highest BCUT2D eigenvalue weighted by Gasteiger charge is 2.22. The summed E-state index contributed by atoms with van der Waals surface area (Å²) in [5.74, 6) is 0. The predicted molar refractivity (Wildman–Crippen MR) is 254 cm³/mol. The summed E-state index contributed by atoms with van der Waals surface area (Å²) < 4.78 is 9.13. The molecule has 278 valence electrons. The van der Waals surface area contributed by atoms with Gasteiger partial charge in [-0.15, -0.1) is 0 Å². The molecule has 0 unspecified atom stereocenters. The van der Waals surface area contributed by atoms with E-state index in [-0.39, 0.29) is 0 Å². The fourth-order valence-corrected chi connectivity index (χ4v) is 10.2. The topological polar surface area (TPSA) is 18.1 Å². The van der Waals surface area contributed by atoms with Gasteiger partial charge in [0.2, 0.25) is 0 Å². The molecule has 2 heterocycles. The maximum absolute atomic E-state index is 6.76. The van der Waals surface area contributed by atoms with Crippen molar-refractivity contribution in [1.29, 1.82) is 0 Å². The summed E-state index contributed by atoms with van der Waals surface area (Å²) in [6, 6.07) is 77.4. The standard InChI is InChI=1S/C58H35NO/c1-2-15-40(16-3-1)59-51-25-13-12-19-43(51)49-34-39(30-32-52(49)59)36-26-28-38(29-27-36)55-45-21-8-10-23-47(45)56(48-24-11-9-22-46(48)55)50-35-54-58(44-20-7-6-18-42(44)50)57-41-17-5-4-14-37(41)31-33-53(57)60-54/h1-35H. The predicted octanol–water partition coefficient (Wildman–Crippen LogP) is 16.3. The van der Waals surface area contributed by atoms with Crippen LogP contribution in [0.2, 0.25) is 0 Å². The van der Waals surface area contributed by atoms with Gasteiger partial charge < -0.3 is 8.98 Å². The molecule has 0 amide bonds. The lowest BCUT2D eigenvalue weighted by molar-refractivity contribution is 0.669. The van der Waals surface area contributed by atoms with Gasteiger partial charge in [0.1, 0.15) is 11.2 Å². The molecule has 60 heavy (non-hydrogen) atoms. The summed E-state index contributed by atoms with van der Waals surface area (Å²) in [6.07, 6.45) is 0. The molecule has 0 bridgehead atoms. The van der Waals surface area contributed by atoms with Gasteiger partial charge in [-0.1, -0.05) is 170 Å². The number of hydrogen-bond donors (Lipinski definition) is 0. The molecule has 2 nitrogen and oxygen atoms in total. The number of aromatic nitrogens is 1. The van der Waals surface area contributed by atoms with Gasteiger partial charge in [-0.25, -0.2) is 0 Å². The quantitative estimate of drug-likeness (QED) is 0.163. The average Bonchev–Trinajstić information content (AvgIpc) is 3.87. The molecule has 0 aliphatic rings. The van der Waals surface area contributed by atoms with Crippen LogP contribution in [0, 0.1) is 0 Å². The normalized spacial score (nSPS) is 12.0. The molecule has 0 radical (unpaired) electrons. The molecule has 0 N–H and O–H groups in total. The summed E-state index contributed by atoms with van der Waals surface area (Å²) >= 11 is 0. The van der Waals surface area contributed by atoms with Crippen molar-refractivity contribution < 1.29 is 4.42 Å². The van der Waals surface area contributed by atoms with Gasteiger partial charge >= 0.3 is 0 Å². The SMILES string of the molecule is c1ccc(-n2c3ccccc3c3cc(-c4ccc(-c5c6ccccc6c(-c6cc7oc8ccc9ccccc9c8c7c7ccccc67)c6ccccc56)cc4)ccc32)cc1. The van der Waals surface area contributed by atoms with Crippen molar-refractivity contribution in [2.45, 2.75) is 0 Å². The molecule has 13 aromatic rings. The summed E-state index contributed by atoms with van der Waals surface area (Å²) in [5, 5.41) is 14.6. The Morgan fingerprint density at radius 3 is 1.57 bits per heavy atom. The lowest BCUT2D eigenvalue weighted by Gasteiger charge is -2.19. The highest BCUT2D eigenvalue weighted by molar-refractivity contribution is 6.31. The van der Waals surface area contributed by atoms with E-state index in [2.05, 4.69) is 217 Å². The van der Waals surface area contributed by atoms with Gasteiger partial charge in [0.25, 0.3) is 0 Å². The fraction of sp³-hybridized carbons (Fsp3) is 0. The van der Waals surface area contributed by atoms with E-state index in [0.29, 0.717) is 0 Å². The van der Waals surface area contributed by atoms with Gasteiger partial charge in [-0.3, -0.25) is 0 Å². The number of benzene rings is 11. The molecule has 0 aliphatic heterocycles. The fourth-order valence-electron chi connectivity index (χ4n) is 10.2. The Kier molecular flexibility index (Phi) is 7.05. The first kappa shape index (κ1) is 33.1. The van der Waals surface area contributed by atoms with Crippen LogP contribution in [0.4, 0.5) is 0 Å². The van der Waals surface area contributed by atoms with Crippen LogP contribution in [-0.4, -0.2) is 4.57 Å². The second-order valence-electron chi connectivity index (χ2n) is 15.9. The van der Waals surface area contributed by atoms with E-state index in [1.807, 2.05) is 0 Å². The molecule has 0 atom stereocenters. The van der Waals surface area contributed by atoms with Crippen molar-refractivity contribution >= 4 is 86.8 Å². The number of rotatable bonds is 4. The highest BCUT2D eigenvalue weighted by atomic mass is 16.3. The summed E-state index contributed by atoms with van der Waals surface area (Å²) in [4.78, 5) is 0. The minimum Gasteiger partial charge on any atom is -0.456 e. The van der Waals surface area contributed by atoms with Crippen LogP contribution in [0.3, 0.4) is 0 Å². The number of hydrogen-bond acceptors (Lipinski definition) is 1. The number of nitrogens with zero attached hydrogens (tertiary/aromatic N) is 1. The van der Waals surface area contributed by atoms with Gasteiger partial charge in [-0.05, 0) is 119 Å². The van der Waals surface area contributed by atoms with Crippen LogP contribution >= 0.6 is 0 Å². The van der Waals surface area contributed by atoms with E-state index in [9.17, 15) is 0 Å². The zero-order chi connectivity index (χ0) is 39.3. The van der Waals surface area contributed by atoms with Gasteiger partial charge in [-0.2, -0.15) is 0 Å². The Hall–Kier alpha value is -7.94. The number of para-hydroxylation sites is 2. The Labute approximate surface area is 345 Å². The molecule has 0 saturated carbocycles. The van der Waals surface area contributed by atoms with E-state index in [4.69, 9.17) is 4.42 Å². The third-order valence-electron chi connectivity index (χ3n) is 12.8. The molecule has 11 aromatic carbocycles. The molecule has 13 rings (SSSR count). The van der Waals surface area contributed by atoms with Gasteiger partial charge in [0, 0.05) is 27.2 Å². The van der Waals surface area contributed by atoms with Crippen LogP contribution in [0.1, 0.15) is 0 Å². The molecule has 0 fully saturated rings. The highest BCUT2D eigenvalue weighted by Crippen LogP contribution is 2.48. The first-order valence-electron chi connectivity index (χ1n) is 20.7. The zero-order valence-electron chi connectivity index (χ0n) is 32.6. The summed E-state index contributed by atoms with van der Waals surface area (Å²) in [6.45, 7) is 0. The van der Waals surface area contributed by atoms with Gasteiger partial charge in [0.15, 0.2) is 0 Å². The Bertz CT molecular complexity index is 3810. The minimum atomic E-state index is 0.908. The van der Waals surface area contributed by atoms with E-state index < -0.39 is 0 Å². The lowest BCUT2D eigenvalue weighted by atomic mass is 9.84. The van der Waals surface area contributed by atoms with Crippen molar-refractivity contribution in [3.8, 4) is 39.1 Å². The second kappa shape index (κ2) is 12.8. The monoisotopic (exact) mass is 761 g/mol. The minimum absolute atomic E-state index is 0.908. The van der Waals surface area contributed by atoms with Crippen LogP contribution in [0.15, 0.2) is 217 Å². The number of fused-ring (bicyclic) bond motifs is 12. The largest absolute Gasteiger partial charge is 0.456 e. The third-order valence-corrected chi connectivity index (χ3v) is 12.8. The van der Waals surface area contributed by atoms with Crippen molar-refractivity contribution in [3.05, 3.63) is 212 Å². The Morgan fingerprint density at radius 1 is 0.300 bits per heavy atom. The van der Waals surface area contributed by atoms with Crippen molar-refractivity contribution in [2.24, 2.45) is 0 Å². The summed E-state index contributed by atoms with van der Waals surface area (Å²) in [5.41, 5.74) is 12.7. The average molecular weight is 762 g/mol. The van der Waals surface area contributed by atoms with Crippen molar-refractivity contribution in [1.82, 2.24) is 4.57 Å². The van der Waals surface area contributed by atoms with Gasteiger partial charge in [0.05, 0.1) is 11.0 Å². The maximum Gasteiger partial charge on any atom is 0.136 e. The van der Waals surface area contributed by atoms with E-state index in [1.165, 1.54) is 115 Å². The first-order valence-corrected chi connectivity index (χ1v) is 20.7. The van der Waals surface area contributed by atoms with E-state index >= 15 is 0 Å². The molecule has 2 heteroatoms. The number of furan rings is 1. The Balaban J connectivity index is 0.997. The zero-order valence-corrected chi connectivity index (χ0v) is 32.6. The van der Waals surface area contributed by atoms with Crippen molar-refractivity contribution in [2.75, 3.05) is 0 Å². The van der Waals surface area contributed by atoms with Crippen LogP contribution in [0.5, 0.6) is 0 Å². The van der Waals surface area contributed by atoms with Crippen LogP contribution in [0.25, 0.3) is 126 Å². The maximum atomic E-state index is 6.76. The molecule has 2 aromatic heterocycles. The molecule has 0 aliphatic carbocycles. The lowest BCUT2D eigenvalue weighted by Crippen LogP contribution is -1.93. The molecular formula is C58H35NO. The van der Waals surface area contributed by atoms with Crippen LogP contribution in [-0.2, 0) is 0 Å². The smallest absolute Gasteiger partial charge is 0.136 e. The molecule has 0 saturated heterocycles. The van der Waals surface area contributed by atoms with E-state index in [0.717, 1.165) is 11.2 Å². The van der Waals surface area contributed by atoms with E-state index in [1.54, 1.807) is 0 Å². The molecule has 0 spiro atoms.